The average Bonchev–Trinajstić information content (AvgIpc) is 3.22. The fraction of sp³-hybridized carbons (Fsp3) is 0.333. The third kappa shape index (κ3) is 15.1. The summed E-state index contributed by atoms with van der Waals surface area (Å²) in [5.41, 5.74) is 3.61. The third-order valence-corrected chi connectivity index (χ3v) is 5.61. The van der Waals surface area contributed by atoms with Crippen LogP contribution in [-0.2, 0) is 9.59 Å². The van der Waals surface area contributed by atoms with Crippen LogP contribution >= 0.6 is 0 Å². The zero-order chi connectivity index (χ0) is 29.6. The standard InChI is InChI=1S/C33H42N4O3/c1-6-23-35-33(29-17-11-9-10-12-18-29)30(19-13-14-20-32(39)40)36-28(5)21-22-31(38)34-24-26-37(8-3)25-15-16-27(4)7-2/h6-7,11,15-18,21-22,25H,1-2,5,8-9,13-14,19-20,23-24,26H2,3-4H3,(H,34,38)(H,39,40)/b22-21+,25-15+,27-16+,35-33?,36-30?. The Hall–Kier alpha value is -4.44. The van der Waals surface area contributed by atoms with E-state index >= 15 is 0 Å². The molecule has 1 aliphatic rings. The van der Waals surface area contributed by atoms with Gasteiger partial charge in [-0.25, -0.2) is 0 Å². The smallest absolute Gasteiger partial charge is 0.303 e. The number of unbranched alkanes of at least 4 members (excludes halogenated alkanes) is 1. The summed E-state index contributed by atoms with van der Waals surface area (Å²) in [5.74, 6) is 4.97. The zero-order valence-electron chi connectivity index (χ0n) is 23.9. The summed E-state index contributed by atoms with van der Waals surface area (Å²) in [6, 6.07) is 0. The Labute approximate surface area is 239 Å². The van der Waals surface area contributed by atoms with Crippen molar-refractivity contribution in [2.45, 2.75) is 46.0 Å². The number of carboxylic acid groups (broad SMARTS) is 1. The molecule has 40 heavy (non-hydrogen) atoms. The van der Waals surface area contributed by atoms with E-state index in [1.165, 1.54) is 6.08 Å². The lowest BCUT2D eigenvalue weighted by molar-refractivity contribution is -0.137. The molecule has 2 N–H and O–H groups in total. The van der Waals surface area contributed by atoms with Crippen LogP contribution in [0, 0.1) is 11.8 Å². The predicted octanol–water partition coefficient (Wildman–Crippen LogP) is 5.74. The van der Waals surface area contributed by atoms with E-state index in [9.17, 15) is 9.59 Å². The van der Waals surface area contributed by atoms with Gasteiger partial charge in [0.05, 0.1) is 23.7 Å². The Morgan fingerprint density at radius 3 is 2.70 bits per heavy atom. The monoisotopic (exact) mass is 542 g/mol. The van der Waals surface area contributed by atoms with Crippen molar-refractivity contribution < 1.29 is 14.7 Å². The zero-order valence-corrected chi connectivity index (χ0v) is 23.9. The van der Waals surface area contributed by atoms with E-state index in [4.69, 9.17) is 10.1 Å². The van der Waals surface area contributed by atoms with Gasteiger partial charge in [0.1, 0.15) is 0 Å². The van der Waals surface area contributed by atoms with Crippen LogP contribution in [0.3, 0.4) is 0 Å². The number of carbonyl (C=O) groups excluding carboxylic acids is 1. The third-order valence-electron chi connectivity index (χ3n) is 5.61. The molecule has 1 aliphatic carbocycles. The van der Waals surface area contributed by atoms with E-state index < -0.39 is 5.97 Å². The molecule has 0 unspecified atom stereocenters. The average molecular weight is 543 g/mol. The molecule has 0 aliphatic heterocycles. The molecule has 0 heterocycles. The minimum atomic E-state index is -0.834. The van der Waals surface area contributed by atoms with Gasteiger partial charge in [0.15, 0.2) is 0 Å². The summed E-state index contributed by atoms with van der Waals surface area (Å²) in [5, 5.41) is 11.9. The maximum atomic E-state index is 12.4. The molecule has 1 rings (SSSR count). The fourth-order valence-electron chi connectivity index (χ4n) is 3.42. The van der Waals surface area contributed by atoms with Gasteiger partial charge in [-0.3, -0.25) is 19.6 Å². The van der Waals surface area contributed by atoms with Crippen molar-refractivity contribution in [2.24, 2.45) is 9.98 Å². The molecule has 0 saturated heterocycles. The predicted molar refractivity (Wildman–Crippen MR) is 167 cm³/mol. The molecule has 0 saturated carbocycles. The number of nitrogens with zero attached hydrogens (tertiary/aromatic N) is 3. The molecule has 1 amide bonds. The largest absolute Gasteiger partial charge is 0.481 e. The molecule has 7 nitrogen and oxygen atoms in total. The molecule has 0 fully saturated rings. The number of likely N-dealkylation sites (N-methyl/N-ethyl adjacent to an activating group) is 1. The maximum Gasteiger partial charge on any atom is 0.303 e. The van der Waals surface area contributed by atoms with Crippen LogP contribution in [0.25, 0.3) is 0 Å². The highest BCUT2D eigenvalue weighted by Gasteiger charge is 2.14. The van der Waals surface area contributed by atoms with Gasteiger partial charge in [0.2, 0.25) is 5.91 Å². The number of carboxylic acids is 1. The lowest BCUT2D eigenvalue weighted by atomic mass is 9.99. The van der Waals surface area contributed by atoms with E-state index in [1.54, 1.807) is 24.3 Å². The van der Waals surface area contributed by atoms with Gasteiger partial charge in [-0.15, -0.1) is 6.58 Å². The summed E-state index contributed by atoms with van der Waals surface area (Å²) in [7, 11) is 0. The SMILES string of the molecule is C=CCN=C(C1=CC#CCC=C1)C(CCCCC(=O)O)=NC(=C)/C=C/C(=O)NCCN(/C=C/C=C(\C)C=C)CC. The minimum Gasteiger partial charge on any atom is -0.481 e. The highest BCUT2D eigenvalue weighted by molar-refractivity contribution is 6.49. The molecule has 7 heteroatoms. The first-order valence-electron chi connectivity index (χ1n) is 13.5. The van der Waals surface area contributed by atoms with E-state index in [-0.39, 0.29) is 12.3 Å². The van der Waals surface area contributed by atoms with Gasteiger partial charge >= 0.3 is 5.97 Å². The number of hydrogen-bond donors (Lipinski definition) is 2. The lowest BCUT2D eigenvalue weighted by Crippen LogP contribution is -2.31. The molecule has 0 aromatic heterocycles. The van der Waals surface area contributed by atoms with E-state index in [0.29, 0.717) is 62.4 Å². The van der Waals surface area contributed by atoms with Crippen molar-refractivity contribution >= 4 is 23.3 Å². The number of hydrogen-bond acceptors (Lipinski definition) is 5. The van der Waals surface area contributed by atoms with Crippen LogP contribution in [0.15, 0.2) is 107 Å². The number of allylic oxidation sites excluding steroid dienone is 9. The van der Waals surface area contributed by atoms with Crippen LogP contribution in [0.4, 0.5) is 0 Å². The number of rotatable bonds is 19. The lowest BCUT2D eigenvalue weighted by Gasteiger charge is -2.17. The molecule has 0 atom stereocenters. The highest BCUT2D eigenvalue weighted by Crippen LogP contribution is 2.14. The van der Waals surface area contributed by atoms with Crippen molar-refractivity contribution in [3.05, 3.63) is 97.5 Å². The van der Waals surface area contributed by atoms with Gasteiger partial charge in [-0.1, -0.05) is 61.0 Å². The molecule has 0 bridgehead atoms. The Balaban J connectivity index is 2.95. The molecule has 212 valence electrons. The van der Waals surface area contributed by atoms with Gasteiger partial charge in [0.25, 0.3) is 0 Å². The van der Waals surface area contributed by atoms with E-state index in [1.807, 2.05) is 37.4 Å². The van der Waals surface area contributed by atoms with Crippen LogP contribution in [0.1, 0.15) is 46.0 Å². The second-order valence-electron chi connectivity index (χ2n) is 8.87. The summed E-state index contributed by atoms with van der Waals surface area (Å²) >= 11 is 0. The van der Waals surface area contributed by atoms with Crippen LogP contribution < -0.4 is 5.32 Å². The Morgan fingerprint density at radius 2 is 2.00 bits per heavy atom. The first kappa shape index (κ1) is 33.6. The quantitative estimate of drug-likeness (QED) is 0.0543. The Morgan fingerprint density at radius 1 is 1.23 bits per heavy atom. The first-order chi connectivity index (χ1) is 19.3. The van der Waals surface area contributed by atoms with Gasteiger partial charge in [0, 0.05) is 44.1 Å². The second-order valence-corrected chi connectivity index (χ2v) is 8.87. The summed E-state index contributed by atoms with van der Waals surface area (Å²) in [4.78, 5) is 34.8. The second kappa shape index (κ2) is 20.5. The number of carbonyl (C=O) groups is 2. The fourth-order valence-corrected chi connectivity index (χ4v) is 3.42. The molecule has 0 radical (unpaired) electrons. The van der Waals surface area contributed by atoms with E-state index in [0.717, 1.165) is 17.7 Å². The number of amides is 1. The topological polar surface area (TPSA) is 94.4 Å². The first-order valence-corrected chi connectivity index (χ1v) is 13.5. The van der Waals surface area contributed by atoms with Crippen molar-refractivity contribution in [1.82, 2.24) is 10.2 Å². The number of nitrogens with one attached hydrogen (secondary N) is 1. The van der Waals surface area contributed by atoms with Crippen LogP contribution in [0.5, 0.6) is 0 Å². The number of aliphatic imine (C=N–C) groups is 2. The normalized spacial score (nSPS) is 13.8. The summed E-state index contributed by atoms with van der Waals surface area (Å²) in [6.07, 6.45) is 20.5. The van der Waals surface area contributed by atoms with Gasteiger partial charge in [-0.2, -0.15) is 0 Å². The van der Waals surface area contributed by atoms with Crippen LogP contribution in [-0.4, -0.2) is 59.5 Å². The number of aliphatic carboxylic acids is 1. The Bertz CT molecular complexity index is 1180. The van der Waals surface area contributed by atoms with Crippen molar-refractivity contribution in [2.75, 3.05) is 26.2 Å². The van der Waals surface area contributed by atoms with Crippen LogP contribution in [0.2, 0.25) is 0 Å². The molecule has 0 aromatic rings. The van der Waals surface area contributed by atoms with E-state index in [2.05, 4.69) is 53.7 Å². The van der Waals surface area contributed by atoms with Gasteiger partial charge < -0.3 is 15.3 Å². The van der Waals surface area contributed by atoms with Gasteiger partial charge in [-0.05, 0) is 57.5 Å². The summed E-state index contributed by atoms with van der Waals surface area (Å²) < 4.78 is 0. The van der Waals surface area contributed by atoms with Crippen molar-refractivity contribution in [3.8, 4) is 11.8 Å². The maximum absolute atomic E-state index is 12.4. The minimum absolute atomic E-state index is 0.0813. The molecule has 0 spiro atoms. The van der Waals surface area contributed by atoms with Crippen molar-refractivity contribution in [3.63, 3.8) is 0 Å². The molecule has 0 aromatic carbocycles. The molecular formula is C33H42N4O3. The highest BCUT2D eigenvalue weighted by atomic mass is 16.4. The molecular weight excluding hydrogens is 500 g/mol. The van der Waals surface area contributed by atoms with Crippen molar-refractivity contribution in [1.29, 1.82) is 0 Å². The summed E-state index contributed by atoms with van der Waals surface area (Å²) in [6.45, 7) is 17.9. The Kier molecular flexibility index (Phi) is 17.2.